The van der Waals surface area contributed by atoms with Gasteiger partial charge in [0.05, 0.1) is 30.5 Å². The van der Waals surface area contributed by atoms with Crippen LogP contribution in [0.3, 0.4) is 0 Å². The molecule has 17 atom stereocenters. The molecule has 314 valence electrons. The van der Waals surface area contributed by atoms with Gasteiger partial charge >= 0.3 is 12.2 Å². The fraction of sp³-hybridized carbons (Fsp3) is 0.943. The standard InChI is InChI=1S/C35H63N3O16/c1-9-18-25(42)17(39)12-22(47-18)51-29-20(13-36)49-31(27(29)44)52-28-19(11-10-16(24(28)41)38-33(46)54-35(6,7)8)48-30-15(2)23(40)26(43)21(50-30)14-37-32(45)53-34(3,4)5/h15-31,39-44H,9-14,36H2,1-8H3,(H,37,45)(H,38,46)/t15-,16-,17-,18+,19?,20-,21-,22?,23-,24+,25?,26-,27-,28+,29-,30+,31+/m1/s1. The van der Waals surface area contributed by atoms with Crippen molar-refractivity contribution >= 4 is 12.2 Å². The van der Waals surface area contributed by atoms with Crippen LogP contribution in [0, 0.1) is 5.92 Å². The molecule has 0 radical (unpaired) electrons. The summed E-state index contributed by atoms with van der Waals surface area (Å²) in [6.45, 7) is 13.2. The van der Waals surface area contributed by atoms with Gasteiger partial charge in [-0.05, 0) is 60.8 Å². The third-order valence-corrected chi connectivity index (χ3v) is 9.80. The van der Waals surface area contributed by atoms with Crippen LogP contribution in [-0.4, -0.2) is 165 Å². The van der Waals surface area contributed by atoms with Gasteiger partial charge in [0, 0.05) is 25.4 Å². The Balaban J connectivity index is 1.52. The van der Waals surface area contributed by atoms with Gasteiger partial charge in [0.2, 0.25) is 0 Å². The SMILES string of the molecule is CC[C@@H]1OC(O[C@H]2[C@@H](O)[C@H](O[C@H]3C(O[C@H]4O[C@H](CNC(=O)OC(C)(C)C)[C@@H](O)[C@H](O)[C@H]4C)CC[C@@H](NC(=O)OC(C)(C)C)[C@@H]3O)O[C@@H]2CN)C[C@@H](O)C1O. The molecule has 0 aromatic heterocycles. The predicted molar refractivity (Wildman–Crippen MR) is 186 cm³/mol. The monoisotopic (exact) mass is 781 g/mol. The summed E-state index contributed by atoms with van der Waals surface area (Å²) < 4.78 is 47.2. The van der Waals surface area contributed by atoms with E-state index < -0.39 is 127 Å². The van der Waals surface area contributed by atoms with E-state index in [-0.39, 0.29) is 32.4 Å². The van der Waals surface area contributed by atoms with Gasteiger partial charge in [-0.15, -0.1) is 0 Å². The number of aliphatic hydroxyl groups is 6. The molecule has 4 aliphatic rings. The summed E-state index contributed by atoms with van der Waals surface area (Å²) >= 11 is 0. The Morgan fingerprint density at radius 3 is 1.96 bits per heavy atom. The first-order valence-electron chi connectivity index (χ1n) is 18.8. The van der Waals surface area contributed by atoms with E-state index in [1.807, 2.05) is 0 Å². The molecule has 1 saturated carbocycles. The van der Waals surface area contributed by atoms with E-state index in [9.17, 15) is 40.2 Å². The summed E-state index contributed by atoms with van der Waals surface area (Å²) in [5, 5.41) is 70.8. The molecule has 3 saturated heterocycles. The van der Waals surface area contributed by atoms with E-state index in [2.05, 4.69) is 10.6 Å². The Morgan fingerprint density at radius 1 is 0.722 bits per heavy atom. The molecular weight excluding hydrogens is 718 g/mol. The molecule has 2 amide bonds. The molecule has 0 bridgehead atoms. The first-order valence-corrected chi connectivity index (χ1v) is 18.8. The quantitative estimate of drug-likeness (QED) is 0.123. The van der Waals surface area contributed by atoms with E-state index in [1.165, 1.54) is 0 Å². The number of nitrogens with two attached hydrogens (primary N) is 1. The normalized spacial score (nSPS) is 41.9. The highest BCUT2D eigenvalue weighted by atomic mass is 16.8. The predicted octanol–water partition coefficient (Wildman–Crippen LogP) is -0.911. The number of carbonyl (C=O) groups is 2. The molecule has 3 heterocycles. The fourth-order valence-corrected chi connectivity index (χ4v) is 6.97. The molecule has 19 heteroatoms. The Morgan fingerprint density at radius 2 is 1.35 bits per heavy atom. The average Bonchev–Trinajstić information content (AvgIpc) is 3.36. The van der Waals surface area contributed by atoms with Crippen molar-refractivity contribution in [1.29, 1.82) is 0 Å². The number of nitrogens with one attached hydrogen (secondary N) is 2. The first-order chi connectivity index (χ1) is 25.1. The number of alkyl carbamates (subject to hydrolysis) is 2. The van der Waals surface area contributed by atoms with E-state index in [0.29, 0.717) is 6.42 Å². The lowest BCUT2D eigenvalue weighted by atomic mass is 9.86. The van der Waals surface area contributed by atoms with E-state index >= 15 is 0 Å². The highest BCUT2D eigenvalue weighted by Gasteiger charge is 2.52. The van der Waals surface area contributed by atoms with Gasteiger partial charge < -0.3 is 84.9 Å². The summed E-state index contributed by atoms with van der Waals surface area (Å²) in [6.07, 6.45) is -18.4. The van der Waals surface area contributed by atoms with Crippen molar-refractivity contribution in [1.82, 2.24) is 10.6 Å². The summed E-state index contributed by atoms with van der Waals surface area (Å²) in [5.41, 5.74) is 4.40. The zero-order valence-corrected chi connectivity index (χ0v) is 32.4. The van der Waals surface area contributed by atoms with Crippen LogP contribution < -0.4 is 16.4 Å². The zero-order chi connectivity index (χ0) is 40.3. The largest absolute Gasteiger partial charge is 0.444 e. The average molecular weight is 782 g/mol. The van der Waals surface area contributed by atoms with E-state index in [4.69, 9.17) is 43.6 Å². The summed E-state index contributed by atoms with van der Waals surface area (Å²) in [6, 6.07) is -0.891. The minimum atomic E-state index is -1.48. The van der Waals surface area contributed by atoms with Gasteiger partial charge in [-0.3, -0.25) is 0 Å². The number of amides is 2. The van der Waals surface area contributed by atoms with Crippen molar-refractivity contribution in [2.24, 2.45) is 11.7 Å². The number of hydrogen-bond donors (Lipinski definition) is 9. The van der Waals surface area contributed by atoms with Crippen LogP contribution in [-0.2, 0) is 37.9 Å². The zero-order valence-electron chi connectivity index (χ0n) is 32.4. The van der Waals surface area contributed by atoms with Gasteiger partial charge in [-0.1, -0.05) is 13.8 Å². The molecule has 0 aromatic carbocycles. The molecule has 0 aromatic rings. The molecule has 1 aliphatic carbocycles. The van der Waals surface area contributed by atoms with Crippen LogP contribution in [0.5, 0.6) is 0 Å². The fourth-order valence-electron chi connectivity index (χ4n) is 6.97. The summed E-state index contributed by atoms with van der Waals surface area (Å²) in [7, 11) is 0. The van der Waals surface area contributed by atoms with Crippen LogP contribution >= 0.6 is 0 Å². The van der Waals surface area contributed by atoms with Crippen molar-refractivity contribution < 1.29 is 78.1 Å². The maximum Gasteiger partial charge on any atom is 0.407 e. The number of ether oxygens (including phenoxy) is 8. The van der Waals surface area contributed by atoms with Crippen molar-refractivity contribution in [2.75, 3.05) is 13.1 Å². The minimum Gasteiger partial charge on any atom is -0.444 e. The van der Waals surface area contributed by atoms with Crippen LogP contribution in [0.4, 0.5) is 9.59 Å². The molecule has 10 N–H and O–H groups in total. The van der Waals surface area contributed by atoms with Gasteiger partial charge in [-0.2, -0.15) is 0 Å². The van der Waals surface area contributed by atoms with E-state index in [0.717, 1.165) is 0 Å². The lowest BCUT2D eigenvalue weighted by Crippen LogP contribution is -2.62. The molecule has 3 aliphatic heterocycles. The highest BCUT2D eigenvalue weighted by molar-refractivity contribution is 5.68. The number of rotatable bonds is 11. The van der Waals surface area contributed by atoms with Gasteiger partial charge in [0.1, 0.15) is 60.0 Å². The van der Waals surface area contributed by atoms with Gasteiger partial charge in [0.15, 0.2) is 18.9 Å². The topological polar surface area (TPSA) is 279 Å². The maximum atomic E-state index is 12.7. The van der Waals surface area contributed by atoms with E-state index in [1.54, 1.807) is 55.4 Å². The lowest BCUT2D eigenvalue weighted by Gasteiger charge is -2.46. The molecular formula is C35H63N3O16. The van der Waals surface area contributed by atoms with Crippen LogP contribution in [0.25, 0.3) is 0 Å². The number of hydrogen-bond acceptors (Lipinski definition) is 17. The van der Waals surface area contributed by atoms with Crippen LogP contribution in [0.2, 0.25) is 0 Å². The number of carbonyl (C=O) groups excluding carboxylic acids is 2. The van der Waals surface area contributed by atoms with Gasteiger partial charge in [0.25, 0.3) is 0 Å². The first kappa shape index (κ1) is 44.7. The molecule has 4 fully saturated rings. The van der Waals surface area contributed by atoms with Crippen LogP contribution in [0.15, 0.2) is 0 Å². The van der Waals surface area contributed by atoms with Crippen molar-refractivity contribution in [3.05, 3.63) is 0 Å². The molecule has 0 spiro atoms. The second kappa shape index (κ2) is 18.5. The summed E-state index contributed by atoms with van der Waals surface area (Å²) in [5.74, 6) is -0.794. The van der Waals surface area contributed by atoms with Crippen molar-refractivity contribution in [2.45, 2.75) is 190 Å². The van der Waals surface area contributed by atoms with Crippen molar-refractivity contribution in [3.8, 4) is 0 Å². The number of aliphatic hydroxyl groups excluding tert-OH is 6. The molecule has 3 unspecified atom stereocenters. The Kier molecular flexibility index (Phi) is 15.3. The lowest BCUT2D eigenvalue weighted by molar-refractivity contribution is -0.316. The summed E-state index contributed by atoms with van der Waals surface area (Å²) in [4.78, 5) is 25.1. The smallest absolute Gasteiger partial charge is 0.407 e. The van der Waals surface area contributed by atoms with Crippen molar-refractivity contribution in [3.63, 3.8) is 0 Å². The second-order valence-electron chi connectivity index (χ2n) is 16.5. The van der Waals surface area contributed by atoms with Gasteiger partial charge in [-0.25, -0.2) is 9.59 Å². The third kappa shape index (κ3) is 11.5. The molecule has 19 nitrogen and oxygen atoms in total. The second-order valence-corrected chi connectivity index (χ2v) is 16.5. The minimum absolute atomic E-state index is 0.0760. The third-order valence-electron chi connectivity index (χ3n) is 9.80. The maximum absolute atomic E-state index is 12.7. The Hall–Kier alpha value is -1.98. The molecule has 4 rings (SSSR count). The molecule has 54 heavy (non-hydrogen) atoms. The Bertz CT molecular complexity index is 1220. The Labute approximate surface area is 316 Å². The van der Waals surface area contributed by atoms with Crippen LogP contribution in [0.1, 0.15) is 81.1 Å². The highest BCUT2D eigenvalue weighted by Crippen LogP contribution is 2.36.